The molecule has 0 saturated heterocycles. The molecule has 0 heterocycles. The predicted octanol–water partition coefficient (Wildman–Crippen LogP) is 3.89. The van der Waals surface area contributed by atoms with E-state index >= 15 is 4.39 Å². The molecule has 1 amide bonds. The third-order valence-corrected chi connectivity index (χ3v) is 5.02. The fourth-order valence-corrected chi connectivity index (χ4v) is 3.48. The van der Waals surface area contributed by atoms with Crippen LogP contribution in [0, 0.1) is 17.1 Å². The Kier molecular flexibility index (Phi) is 7.93. The minimum atomic E-state index is -0.735. The van der Waals surface area contributed by atoms with Crippen LogP contribution in [-0.2, 0) is 4.79 Å². The van der Waals surface area contributed by atoms with Crippen molar-refractivity contribution in [1.82, 2.24) is 5.32 Å². The fourth-order valence-electron chi connectivity index (χ4n) is 3.25. The number of primary amides is 1. The Morgan fingerprint density at radius 3 is 2.60 bits per heavy atom. The SMILES string of the molecule is CC[C@@H](N[C@H](C)CC(N)=O)c1ccc(Cl)c(C(=O)c2ccc(C#N)c(OC)c2)c1F. The highest BCUT2D eigenvalue weighted by Crippen LogP contribution is 2.31. The molecule has 2 aromatic carbocycles. The van der Waals surface area contributed by atoms with Crippen LogP contribution in [0.15, 0.2) is 30.3 Å². The molecule has 0 bridgehead atoms. The van der Waals surface area contributed by atoms with Crippen LogP contribution < -0.4 is 15.8 Å². The van der Waals surface area contributed by atoms with E-state index in [1.54, 1.807) is 6.92 Å². The number of methoxy groups -OCH3 is 1. The van der Waals surface area contributed by atoms with Gasteiger partial charge in [-0.25, -0.2) is 4.39 Å². The highest BCUT2D eigenvalue weighted by molar-refractivity contribution is 6.35. The number of nitriles is 1. The minimum absolute atomic E-state index is 0.0235. The smallest absolute Gasteiger partial charge is 0.218 e. The van der Waals surface area contributed by atoms with E-state index in [0.29, 0.717) is 6.42 Å². The van der Waals surface area contributed by atoms with E-state index in [2.05, 4.69) is 5.32 Å². The van der Waals surface area contributed by atoms with Crippen LogP contribution in [0.2, 0.25) is 5.02 Å². The Morgan fingerprint density at radius 2 is 2.03 bits per heavy atom. The molecular formula is C22H23ClFN3O3. The van der Waals surface area contributed by atoms with Crippen LogP contribution in [-0.4, -0.2) is 24.8 Å². The Balaban J connectivity index is 2.46. The van der Waals surface area contributed by atoms with E-state index < -0.39 is 23.5 Å². The zero-order valence-electron chi connectivity index (χ0n) is 17.0. The van der Waals surface area contributed by atoms with Gasteiger partial charge in [-0.3, -0.25) is 9.59 Å². The summed E-state index contributed by atoms with van der Waals surface area (Å²) in [6, 6.07) is 8.47. The van der Waals surface area contributed by atoms with Crippen molar-refractivity contribution < 1.29 is 18.7 Å². The number of rotatable bonds is 9. The average Bonchev–Trinajstić information content (AvgIpc) is 2.71. The van der Waals surface area contributed by atoms with E-state index in [-0.39, 0.29) is 45.5 Å². The molecule has 0 spiro atoms. The van der Waals surface area contributed by atoms with Crippen molar-refractivity contribution in [1.29, 1.82) is 5.26 Å². The lowest BCUT2D eigenvalue weighted by molar-refractivity contribution is -0.118. The summed E-state index contributed by atoms with van der Waals surface area (Å²) in [7, 11) is 1.38. The average molecular weight is 432 g/mol. The first-order chi connectivity index (χ1) is 14.2. The molecule has 2 atom stereocenters. The van der Waals surface area contributed by atoms with Crippen LogP contribution in [0.1, 0.15) is 59.8 Å². The van der Waals surface area contributed by atoms with Crippen LogP contribution in [0.3, 0.4) is 0 Å². The van der Waals surface area contributed by atoms with Gasteiger partial charge in [-0.15, -0.1) is 0 Å². The van der Waals surface area contributed by atoms with Crippen LogP contribution in [0.5, 0.6) is 5.75 Å². The third-order valence-electron chi connectivity index (χ3n) is 4.71. The molecule has 8 heteroatoms. The van der Waals surface area contributed by atoms with Gasteiger partial charge in [0.25, 0.3) is 0 Å². The molecule has 3 N–H and O–H groups in total. The molecule has 2 aromatic rings. The Hall–Kier alpha value is -2.95. The monoisotopic (exact) mass is 431 g/mol. The number of nitrogens with two attached hydrogens (primary N) is 1. The van der Waals surface area contributed by atoms with Gasteiger partial charge < -0.3 is 15.8 Å². The second-order valence-electron chi connectivity index (χ2n) is 6.88. The van der Waals surface area contributed by atoms with Gasteiger partial charge in [-0.2, -0.15) is 5.26 Å². The van der Waals surface area contributed by atoms with Gasteiger partial charge in [0.15, 0.2) is 5.78 Å². The number of nitrogens with one attached hydrogen (secondary N) is 1. The largest absolute Gasteiger partial charge is 0.495 e. The number of ketones is 1. The molecule has 0 saturated carbocycles. The van der Waals surface area contributed by atoms with Crippen molar-refractivity contribution in [2.45, 2.75) is 38.8 Å². The number of benzene rings is 2. The number of carbonyl (C=O) groups excluding carboxylic acids is 2. The molecule has 0 aliphatic heterocycles. The molecule has 0 aliphatic rings. The first kappa shape index (κ1) is 23.3. The van der Waals surface area contributed by atoms with E-state index in [0.717, 1.165) is 0 Å². The number of hydrogen-bond acceptors (Lipinski definition) is 5. The summed E-state index contributed by atoms with van der Waals surface area (Å²) in [6.07, 6.45) is 0.614. The molecule has 0 fully saturated rings. The number of carbonyl (C=O) groups is 2. The van der Waals surface area contributed by atoms with Crippen molar-refractivity contribution in [2.24, 2.45) is 5.73 Å². The summed E-state index contributed by atoms with van der Waals surface area (Å²) in [5.74, 6) is -1.61. The van der Waals surface area contributed by atoms with Crippen LogP contribution in [0.25, 0.3) is 0 Å². The maximum atomic E-state index is 15.4. The molecule has 158 valence electrons. The van der Waals surface area contributed by atoms with Crippen molar-refractivity contribution in [3.8, 4) is 11.8 Å². The van der Waals surface area contributed by atoms with E-state index in [1.807, 2.05) is 13.0 Å². The first-order valence-corrected chi connectivity index (χ1v) is 9.76. The second-order valence-corrected chi connectivity index (χ2v) is 7.29. The number of nitrogens with zero attached hydrogens (tertiary/aromatic N) is 1. The van der Waals surface area contributed by atoms with Crippen molar-refractivity contribution in [3.05, 3.63) is 63.4 Å². The molecular weight excluding hydrogens is 409 g/mol. The van der Waals surface area contributed by atoms with Gasteiger partial charge in [0.05, 0.1) is 23.3 Å². The number of ether oxygens (including phenoxy) is 1. The van der Waals surface area contributed by atoms with E-state index in [1.165, 1.54) is 37.4 Å². The van der Waals surface area contributed by atoms with Crippen LogP contribution >= 0.6 is 11.6 Å². The van der Waals surface area contributed by atoms with Crippen molar-refractivity contribution in [2.75, 3.05) is 7.11 Å². The minimum Gasteiger partial charge on any atom is -0.495 e. The van der Waals surface area contributed by atoms with E-state index in [9.17, 15) is 9.59 Å². The lowest BCUT2D eigenvalue weighted by Gasteiger charge is -2.23. The third kappa shape index (κ3) is 5.15. The summed E-state index contributed by atoms with van der Waals surface area (Å²) < 4.78 is 20.6. The Bertz CT molecular complexity index is 1000. The standard InChI is InChI=1S/C22H23ClFN3O3/c1-4-17(27-12(2)9-19(26)28)15-7-8-16(23)20(21(15)24)22(29)13-5-6-14(11-25)18(10-13)30-3/h5-8,10,12,17,27H,4,9H2,1-3H3,(H2,26,28)/t12-,17-/m1/s1. The normalized spacial score (nSPS) is 12.7. The quantitative estimate of drug-likeness (QED) is 0.586. The highest BCUT2D eigenvalue weighted by Gasteiger charge is 2.25. The van der Waals surface area contributed by atoms with Crippen molar-refractivity contribution in [3.63, 3.8) is 0 Å². The van der Waals surface area contributed by atoms with Gasteiger partial charge in [0.2, 0.25) is 5.91 Å². The molecule has 6 nitrogen and oxygen atoms in total. The number of halogens is 2. The second kappa shape index (κ2) is 10.2. The maximum Gasteiger partial charge on any atom is 0.218 e. The van der Waals surface area contributed by atoms with Gasteiger partial charge in [-0.1, -0.05) is 24.6 Å². The van der Waals surface area contributed by atoms with Gasteiger partial charge in [-0.05, 0) is 37.6 Å². The molecule has 30 heavy (non-hydrogen) atoms. The Labute approximate surface area is 179 Å². The predicted molar refractivity (Wildman–Crippen MR) is 112 cm³/mol. The van der Waals surface area contributed by atoms with Gasteiger partial charge in [0, 0.05) is 29.6 Å². The van der Waals surface area contributed by atoms with E-state index in [4.69, 9.17) is 27.3 Å². The first-order valence-electron chi connectivity index (χ1n) is 9.38. The summed E-state index contributed by atoms with van der Waals surface area (Å²) >= 11 is 6.17. The highest BCUT2D eigenvalue weighted by atomic mass is 35.5. The number of hydrogen-bond donors (Lipinski definition) is 2. The topological polar surface area (TPSA) is 105 Å². The zero-order valence-corrected chi connectivity index (χ0v) is 17.7. The fraction of sp³-hybridized carbons (Fsp3) is 0.318. The summed E-state index contributed by atoms with van der Waals surface area (Å²) in [6.45, 7) is 3.63. The van der Waals surface area contributed by atoms with Crippen LogP contribution in [0.4, 0.5) is 4.39 Å². The maximum absolute atomic E-state index is 15.4. The van der Waals surface area contributed by atoms with Crippen molar-refractivity contribution >= 4 is 23.3 Å². The Morgan fingerprint density at radius 1 is 1.33 bits per heavy atom. The lowest BCUT2D eigenvalue weighted by Crippen LogP contribution is -2.34. The molecule has 0 radical (unpaired) electrons. The summed E-state index contributed by atoms with van der Waals surface area (Å²) in [4.78, 5) is 24.2. The summed E-state index contributed by atoms with van der Waals surface area (Å²) in [5, 5.41) is 12.2. The molecule has 0 unspecified atom stereocenters. The van der Waals surface area contributed by atoms with Gasteiger partial charge >= 0.3 is 0 Å². The zero-order chi connectivity index (χ0) is 22.4. The molecule has 2 rings (SSSR count). The summed E-state index contributed by atoms with van der Waals surface area (Å²) in [5.41, 5.74) is 5.63. The molecule has 0 aliphatic carbocycles. The lowest BCUT2D eigenvalue weighted by atomic mass is 9.95. The number of amides is 1. The van der Waals surface area contributed by atoms with Gasteiger partial charge in [0.1, 0.15) is 17.6 Å². The molecule has 0 aromatic heterocycles.